The molecule has 0 heterocycles. The molecule has 0 fully saturated rings. The van der Waals surface area contributed by atoms with Crippen LogP contribution in [0.2, 0.25) is 0 Å². The number of hydrogen-bond acceptors (Lipinski definition) is 1. The van der Waals surface area contributed by atoms with Gasteiger partial charge in [-0.25, -0.2) is 0 Å². The Morgan fingerprint density at radius 3 is 2.12 bits per heavy atom. The summed E-state index contributed by atoms with van der Waals surface area (Å²) < 4.78 is 0. The van der Waals surface area contributed by atoms with Gasteiger partial charge in [0.25, 0.3) is 0 Å². The monoisotopic (exact) mass is 239 g/mol. The number of carbonyl (C=O) groups is 1. The van der Waals surface area contributed by atoms with Crippen LogP contribution in [0.4, 0.5) is 0 Å². The summed E-state index contributed by atoms with van der Waals surface area (Å²) in [5, 5.41) is 0. The maximum Gasteiger partial charge on any atom is 0.241 e. The molecule has 0 spiro atoms. The SMILES string of the molecule is CCCCCCCCCCC(C)C=CC(N)=O. The number of carbonyl (C=O) groups excluding carboxylic acids is 1. The first-order valence-electron chi connectivity index (χ1n) is 7.14. The van der Waals surface area contributed by atoms with Gasteiger partial charge in [-0.15, -0.1) is 0 Å². The van der Waals surface area contributed by atoms with Gasteiger partial charge in [-0.3, -0.25) is 4.79 Å². The van der Waals surface area contributed by atoms with Crippen LogP contribution in [0, 0.1) is 5.92 Å². The van der Waals surface area contributed by atoms with E-state index in [2.05, 4.69) is 13.8 Å². The van der Waals surface area contributed by atoms with Gasteiger partial charge in [-0.2, -0.15) is 0 Å². The number of allylic oxidation sites excluding steroid dienone is 1. The first kappa shape index (κ1) is 16.2. The molecule has 0 aromatic heterocycles. The van der Waals surface area contributed by atoms with Crippen LogP contribution in [-0.2, 0) is 4.79 Å². The number of amides is 1. The van der Waals surface area contributed by atoms with E-state index in [1.54, 1.807) is 0 Å². The van der Waals surface area contributed by atoms with Crippen LogP contribution < -0.4 is 5.73 Å². The van der Waals surface area contributed by atoms with Crippen LogP contribution in [0.3, 0.4) is 0 Å². The molecule has 0 bridgehead atoms. The highest BCUT2D eigenvalue weighted by atomic mass is 16.1. The summed E-state index contributed by atoms with van der Waals surface area (Å²) in [6.45, 7) is 4.39. The first-order valence-corrected chi connectivity index (χ1v) is 7.14. The van der Waals surface area contributed by atoms with Crippen molar-refractivity contribution in [2.45, 2.75) is 71.6 Å². The van der Waals surface area contributed by atoms with Gasteiger partial charge < -0.3 is 5.73 Å². The molecule has 0 radical (unpaired) electrons. The van der Waals surface area contributed by atoms with E-state index >= 15 is 0 Å². The molecule has 0 aromatic rings. The van der Waals surface area contributed by atoms with Crippen molar-refractivity contribution in [3.05, 3.63) is 12.2 Å². The summed E-state index contributed by atoms with van der Waals surface area (Å²) in [5.41, 5.74) is 5.05. The molecule has 17 heavy (non-hydrogen) atoms. The Morgan fingerprint density at radius 1 is 1.06 bits per heavy atom. The van der Waals surface area contributed by atoms with Crippen molar-refractivity contribution in [3.8, 4) is 0 Å². The van der Waals surface area contributed by atoms with E-state index in [1.165, 1.54) is 63.9 Å². The zero-order valence-electron chi connectivity index (χ0n) is 11.6. The van der Waals surface area contributed by atoms with Crippen molar-refractivity contribution in [1.82, 2.24) is 0 Å². The molecular formula is C15H29NO. The van der Waals surface area contributed by atoms with Crippen molar-refractivity contribution < 1.29 is 4.79 Å². The third-order valence-corrected chi connectivity index (χ3v) is 3.10. The van der Waals surface area contributed by atoms with E-state index in [0.29, 0.717) is 5.92 Å². The lowest BCUT2D eigenvalue weighted by Gasteiger charge is -2.05. The molecule has 0 aromatic carbocycles. The van der Waals surface area contributed by atoms with E-state index in [-0.39, 0.29) is 5.91 Å². The van der Waals surface area contributed by atoms with Gasteiger partial charge in [0.05, 0.1) is 0 Å². The molecule has 100 valence electrons. The lowest BCUT2D eigenvalue weighted by atomic mass is 10.0. The van der Waals surface area contributed by atoms with E-state index in [0.717, 1.165) is 0 Å². The van der Waals surface area contributed by atoms with Gasteiger partial charge in [0.1, 0.15) is 0 Å². The smallest absolute Gasteiger partial charge is 0.241 e. The van der Waals surface area contributed by atoms with Crippen LogP contribution in [-0.4, -0.2) is 5.91 Å². The average molecular weight is 239 g/mol. The zero-order valence-corrected chi connectivity index (χ0v) is 11.6. The third-order valence-electron chi connectivity index (χ3n) is 3.10. The Hall–Kier alpha value is -0.790. The molecule has 0 saturated heterocycles. The summed E-state index contributed by atoms with van der Waals surface area (Å²) in [6.07, 6.45) is 15.4. The average Bonchev–Trinajstić information content (AvgIpc) is 2.30. The highest BCUT2D eigenvalue weighted by molar-refractivity contribution is 5.85. The molecule has 2 heteroatoms. The van der Waals surface area contributed by atoms with Crippen molar-refractivity contribution >= 4 is 5.91 Å². The second-order valence-corrected chi connectivity index (χ2v) is 5.00. The van der Waals surface area contributed by atoms with Crippen LogP contribution in [0.5, 0.6) is 0 Å². The molecule has 1 unspecified atom stereocenters. The molecule has 0 saturated carbocycles. The normalized spacial score (nSPS) is 13.1. The summed E-state index contributed by atoms with van der Waals surface area (Å²) in [4.78, 5) is 10.5. The zero-order chi connectivity index (χ0) is 12.9. The Kier molecular flexibility index (Phi) is 11.1. The minimum atomic E-state index is -0.340. The standard InChI is InChI=1S/C15H29NO/c1-3-4-5-6-7-8-9-10-11-14(2)12-13-15(16)17/h12-14H,3-11H2,1-2H3,(H2,16,17). The predicted octanol–water partition coefficient (Wildman–Crippen LogP) is 4.19. The number of hydrogen-bond donors (Lipinski definition) is 1. The number of unbranched alkanes of at least 4 members (excludes halogenated alkanes) is 7. The molecular weight excluding hydrogens is 210 g/mol. The molecule has 0 aliphatic heterocycles. The highest BCUT2D eigenvalue weighted by Crippen LogP contribution is 2.13. The Bertz CT molecular complexity index is 211. The summed E-state index contributed by atoms with van der Waals surface area (Å²) >= 11 is 0. The number of nitrogens with two attached hydrogens (primary N) is 1. The van der Waals surface area contributed by atoms with E-state index in [1.807, 2.05) is 6.08 Å². The van der Waals surface area contributed by atoms with Gasteiger partial charge in [0.15, 0.2) is 0 Å². The lowest BCUT2D eigenvalue weighted by molar-refractivity contribution is -0.113. The molecule has 2 nitrogen and oxygen atoms in total. The van der Waals surface area contributed by atoms with Gasteiger partial charge in [0.2, 0.25) is 5.91 Å². The third kappa shape index (κ3) is 13.1. The Morgan fingerprint density at radius 2 is 1.59 bits per heavy atom. The summed E-state index contributed by atoms with van der Waals surface area (Å²) in [5.74, 6) is 0.135. The van der Waals surface area contributed by atoms with Gasteiger partial charge >= 0.3 is 0 Å². The minimum Gasteiger partial charge on any atom is -0.366 e. The van der Waals surface area contributed by atoms with Gasteiger partial charge in [-0.1, -0.05) is 71.3 Å². The fourth-order valence-corrected chi connectivity index (χ4v) is 1.96. The maximum absolute atomic E-state index is 10.5. The van der Waals surface area contributed by atoms with Crippen LogP contribution in [0.15, 0.2) is 12.2 Å². The number of rotatable bonds is 11. The maximum atomic E-state index is 10.5. The van der Waals surface area contributed by atoms with Gasteiger partial charge in [-0.05, 0) is 18.4 Å². The molecule has 1 atom stereocenters. The van der Waals surface area contributed by atoms with Crippen molar-refractivity contribution in [2.75, 3.05) is 0 Å². The number of primary amides is 1. The van der Waals surface area contributed by atoms with Crippen LogP contribution in [0.25, 0.3) is 0 Å². The second kappa shape index (κ2) is 11.7. The Balaban J connectivity index is 3.24. The second-order valence-electron chi connectivity index (χ2n) is 5.00. The topological polar surface area (TPSA) is 43.1 Å². The van der Waals surface area contributed by atoms with Crippen molar-refractivity contribution in [1.29, 1.82) is 0 Å². The first-order chi connectivity index (χ1) is 8.16. The molecule has 2 N–H and O–H groups in total. The molecule has 0 rings (SSSR count). The van der Waals surface area contributed by atoms with Crippen molar-refractivity contribution in [2.24, 2.45) is 11.7 Å². The largest absolute Gasteiger partial charge is 0.366 e. The summed E-state index contributed by atoms with van der Waals surface area (Å²) in [7, 11) is 0. The predicted molar refractivity (Wildman–Crippen MR) is 74.7 cm³/mol. The molecule has 0 aliphatic rings. The van der Waals surface area contributed by atoms with E-state index in [4.69, 9.17) is 5.73 Å². The molecule has 0 aliphatic carbocycles. The van der Waals surface area contributed by atoms with Gasteiger partial charge in [0, 0.05) is 0 Å². The van der Waals surface area contributed by atoms with Crippen molar-refractivity contribution in [3.63, 3.8) is 0 Å². The van der Waals surface area contributed by atoms with Crippen LogP contribution >= 0.6 is 0 Å². The molecule has 1 amide bonds. The minimum absolute atomic E-state index is 0.340. The van der Waals surface area contributed by atoms with E-state index < -0.39 is 0 Å². The highest BCUT2D eigenvalue weighted by Gasteiger charge is 1.98. The summed E-state index contributed by atoms with van der Waals surface area (Å²) in [6, 6.07) is 0. The quantitative estimate of drug-likeness (QED) is 0.426. The Labute approximate surface area is 107 Å². The fraction of sp³-hybridized carbons (Fsp3) is 0.800. The lowest BCUT2D eigenvalue weighted by Crippen LogP contribution is -2.06. The van der Waals surface area contributed by atoms with Crippen LogP contribution in [0.1, 0.15) is 71.6 Å². The fourth-order valence-electron chi connectivity index (χ4n) is 1.96. The van der Waals surface area contributed by atoms with E-state index in [9.17, 15) is 4.79 Å².